The third-order valence-corrected chi connectivity index (χ3v) is 6.55. The van der Waals surface area contributed by atoms with Crippen molar-refractivity contribution in [2.45, 2.75) is 33.4 Å². The summed E-state index contributed by atoms with van der Waals surface area (Å²) in [4.78, 5) is 12.1. The van der Waals surface area contributed by atoms with Gasteiger partial charge in [0, 0.05) is 28.4 Å². The Bertz CT molecular complexity index is 1120. The summed E-state index contributed by atoms with van der Waals surface area (Å²) in [6.45, 7) is 8.18. The van der Waals surface area contributed by atoms with Crippen LogP contribution in [0.15, 0.2) is 47.6 Å². The molecule has 1 heterocycles. The van der Waals surface area contributed by atoms with Crippen LogP contribution in [-0.4, -0.2) is 22.4 Å². The van der Waals surface area contributed by atoms with Gasteiger partial charge in [-0.05, 0) is 57.5 Å². The minimum Gasteiger partial charge on any atom is -0.318 e. The summed E-state index contributed by atoms with van der Waals surface area (Å²) < 4.78 is 2.07. The molecule has 3 rings (SSSR count). The maximum atomic E-state index is 12.1. The zero-order valence-corrected chi connectivity index (χ0v) is 20.3. The highest BCUT2D eigenvalue weighted by Crippen LogP contribution is 2.27. The average molecular weight is 474 g/mol. The summed E-state index contributed by atoms with van der Waals surface area (Å²) in [6, 6.07) is 14.0. The minimum absolute atomic E-state index is 0.121. The fraction of sp³-hybridized carbons (Fsp3) is 0.250. The number of amides is 1. The lowest BCUT2D eigenvalue weighted by atomic mass is 10.1. The molecule has 1 aromatic heterocycles. The molecular formula is C24H25Cl2N3OS. The van der Waals surface area contributed by atoms with Gasteiger partial charge in [-0.3, -0.25) is 4.79 Å². The van der Waals surface area contributed by atoms with Crippen molar-refractivity contribution in [3.63, 3.8) is 0 Å². The lowest BCUT2D eigenvalue weighted by Gasteiger charge is -2.10. The van der Waals surface area contributed by atoms with E-state index in [9.17, 15) is 4.79 Å². The van der Waals surface area contributed by atoms with Gasteiger partial charge in [0.15, 0.2) is 0 Å². The van der Waals surface area contributed by atoms with Gasteiger partial charge in [-0.15, -0.1) is 11.8 Å². The molecule has 0 atom stereocenters. The number of hydrazone groups is 1. The van der Waals surface area contributed by atoms with Crippen molar-refractivity contribution in [1.29, 1.82) is 0 Å². The van der Waals surface area contributed by atoms with Crippen LogP contribution < -0.4 is 5.43 Å². The number of hydrogen-bond donors (Lipinski definition) is 1. The van der Waals surface area contributed by atoms with E-state index < -0.39 is 0 Å². The maximum absolute atomic E-state index is 12.1. The first-order chi connectivity index (χ1) is 14.7. The SMILES string of the molecule is Cc1cc(C)cc(CSCC(=O)N/N=C\c2cc(C)n(-c3ccc(Cl)c(Cl)c3)c2C)c1. The van der Waals surface area contributed by atoms with Crippen LogP contribution in [0.25, 0.3) is 5.69 Å². The minimum atomic E-state index is -0.121. The van der Waals surface area contributed by atoms with Gasteiger partial charge in [0.1, 0.15) is 0 Å². The van der Waals surface area contributed by atoms with Crippen molar-refractivity contribution in [2.24, 2.45) is 5.10 Å². The van der Waals surface area contributed by atoms with Crippen LogP contribution in [-0.2, 0) is 10.5 Å². The largest absolute Gasteiger partial charge is 0.318 e. The Morgan fingerprint density at radius 3 is 2.42 bits per heavy atom. The molecule has 0 aliphatic heterocycles. The highest BCUT2D eigenvalue weighted by atomic mass is 35.5. The van der Waals surface area contributed by atoms with Crippen LogP contribution in [0.5, 0.6) is 0 Å². The first-order valence-electron chi connectivity index (χ1n) is 9.86. The summed E-state index contributed by atoms with van der Waals surface area (Å²) in [5, 5.41) is 5.17. The summed E-state index contributed by atoms with van der Waals surface area (Å²) in [5.74, 6) is 1.03. The molecule has 0 radical (unpaired) electrons. The topological polar surface area (TPSA) is 46.4 Å². The van der Waals surface area contributed by atoms with E-state index >= 15 is 0 Å². The second-order valence-corrected chi connectivity index (χ2v) is 9.34. The van der Waals surface area contributed by atoms with Crippen molar-refractivity contribution >= 4 is 47.1 Å². The van der Waals surface area contributed by atoms with Gasteiger partial charge in [0.05, 0.1) is 22.0 Å². The number of nitrogens with zero attached hydrogens (tertiary/aromatic N) is 2. The number of nitrogens with one attached hydrogen (secondary N) is 1. The Labute approximate surface area is 197 Å². The van der Waals surface area contributed by atoms with Gasteiger partial charge in [0.25, 0.3) is 0 Å². The molecule has 0 fully saturated rings. The average Bonchev–Trinajstić information content (AvgIpc) is 2.97. The van der Waals surface area contributed by atoms with E-state index in [4.69, 9.17) is 23.2 Å². The summed E-state index contributed by atoms with van der Waals surface area (Å²) >= 11 is 13.8. The lowest BCUT2D eigenvalue weighted by molar-refractivity contribution is -0.118. The molecule has 7 heteroatoms. The van der Waals surface area contributed by atoms with E-state index in [2.05, 4.69) is 47.1 Å². The van der Waals surface area contributed by atoms with Gasteiger partial charge >= 0.3 is 0 Å². The standard InChI is InChI=1S/C24H25Cl2N3OS/c1-15-7-16(2)9-19(8-15)13-31-14-24(30)28-27-12-20-10-17(3)29(18(20)4)21-5-6-22(25)23(26)11-21/h5-12H,13-14H2,1-4H3,(H,28,30)/b27-12-. The van der Waals surface area contributed by atoms with Crippen LogP contribution in [0.4, 0.5) is 0 Å². The first kappa shape index (κ1) is 23.5. The van der Waals surface area contributed by atoms with E-state index in [0.29, 0.717) is 15.8 Å². The fourth-order valence-corrected chi connectivity index (χ4v) is 4.61. The van der Waals surface area contributed by atoms with Gasteiger partial charge < -0.3 is 4.57 Å². The highest BCUT2D eigenvalue weighted by Gasteiger charge is 2.11. The van der Waals surface area contributed by atoms with E-state index in [1.165, 1.54) is 16.7 Å². The monoisotopic (exact) mass is 473 g/mol. The van der Waals surface area contributed by atoms with E-state index in [0.717, 1.165) is 28.4 Å². The molecule has 0 aliphatic rings. The van der Waals surface area contributed by atoms with E-state index in [1.807, 2.05) is 32.0 Å². The van der Waals surface area contributed by atoms with E-state index in [1.54, 1.807) is 24.0 Å². The number of halogens is 2. The maximum Gasteiger partial charge on any atom is 0.250 e. The van der Waals surface area contributed by atoms with Gasteiger partial charge in [0.2, 0.25) is 5.91 Å². The third-order valence-electron chi connectivity index (χ3n) is 4.81. The molecule has 31 heavy (non-hydrogen) atoms. The predicted molar refractivity (Wildman–Crippen MR) is 133 cm³/mol. The van der Waals surface area contributed by atoms with Gasteiger partial charge in [-0.1, -0.05) is 52.5 Å². The van der Waals surface area contributed by atoms with Crippen LogP contribution in [0.2, 0.25) is 10.0 Å². The number of rotatable bonds is 7. The Balaban J connectivity index is 1.58. The summed E-state index contributed by atoms with van der Waals surface area (Å²) in [6.07, 6.45) is 1.67. The molecule has 1 amide bonds. The molecule has 0 unspecified atom stereocenters. The molecule has 0 aliphatic carbocycles. The molecule has 1 N–H and O–H groups in total. The zero-order chi connectivity index (χ0) is 22.5. The van der Waals surface area contributed by atoms with Crippen molar-refractivity contribution in [2.75, 3.05) is 5.75 Å². The number of carbonyl (C=O) groups excluding carboxylic acids is 1. The van der Waals surface area contributed by atoms with Crippen LogP contribution in [0, 0.1) is 27.7 Å². The second-order valence-electron chi connectivity index (χ2n) is 7.54. The van der Waals surface area contributed by atoms with Crippen LogP contribution in [0.3, 0.4) is 0 Å². The summed E-state index contributed by atoms with van der Waals surface area (Å²) in [5.41, 5.74) is 10.2. The molecule has 0 saturated heterocycles. The Kier molecular flexibility index (Phi) is 7.87. The molecule has 3 aromatic rings. The zero-order valence-electron chi connectivity index (χ0n) is 18.0. The van der Waals surface area contributed by atoms with Crippen molar-refractivity contribution in [3.8, 4) is 5.69 Å². The van der Waals surface area contributed by atoms with Crippen LogP contribution in [0.1, 0.15) is 33.6 Å². The summed E-state index contributed by atoms with van der Waals surface area (Å²) in [7, 11) is 0. The third kappa shape index (κ3) is 6.16. The predicted octanol–water partition coefficient (Wildman–Crippen LogP) is 6.40. The normalized spacial score (nSPS) is 11.3. The second kappa shape index (κ2) is 10.4. The van der Waals surface area contributed by atoms with Crippen LogP contribution >= 0.6 is 35.0 Å². The molecule has 2 aromatic carbocycles. The Morgan fingerprint density at radius 1 is 1.03 bits per heavy atom. The number of aromatic nitrogens is 1. The van der Waals surface area contributed by atoms with Gasteiger partial charge in [-0.2, -0.15) is 5.10 Å². The number of hydrogen-bond acceptors (Lipinski definition) is 3. The highest BCUT2D eigenvalue weighted by molar-refractivity contribution is 7.99. The van der Waals surface area contributed by atoms with E-state index in [-0.39, 0.29) is 5.91 Å². The van der Waals surface area contributed by atoms with Crippen molar-refractivity contribution in [1.82, 2.24) is 9.99 Å². The number of benzene rings is 2. The number of aryl methyl sites for hydroxylation is 3. The Hall–Kier alpha value is -2.21. The Morgan fingerprint density at radius 2 is 1.74 bits per heavy atom. The van der Waals surface area contributed by atoms with Gasteiger partial charge in [-0.25, -0.2) is 5.43 Å². The smallest absolute Gasteiger partial charge is 0.250 e. The number of carbonyl (C=O) groups is 1. The molecule has 0 bridgehead atoms. The van der Waals surface area contributed by atoms with Crippen molar-refractivity contribution in [3.05, 3.63) is 86.2 Å². The fourth-order valence-electron chi connectivity index (χ4n) is 3.56. The first-order valence-corrected chi connectivity index (χ1v) is 11.8. The number of thioether (sulfide) groups is 1. The lowest BCUT2D eigenvalue weighted by Crippen LogP contribution is -2.19. The molecule has 4 nitrogen and oxygen atoms in total. The molecular weight excluding hydrogens is 449 g/mol. The quantitative estimate of drug-likeness (QED) is 0.318. The molecule has 0 saturated carbocycles. The molecule has 0 spiro atoms. The molecule has 162 valence electrons. The van der Waals surface area contributed by atoms with Crippen molar-refractivity contribution < 1.29 is 4.79 Å².